The molecule has 2 fully saturated rings. The van der Waals surface area contributed by atoms with Gasteiger partial charge in [-0.25, -0.2) is 20.3 Å². The van der Waals surface area contributed by atoms with Crippen LogP contribution in [0.5, 0.6) is 0 Å². The topological polar surface area (TPSA) is 77.4 Å². The molecule has 2 aliphatic rings. The van der Waals surface area contributed by atoms with E-state index >= 15 is 0 Å². The summed E-state index contributed by atoms with van der Waals surface area (Å²) in [6, 6.07) is 0. The summed E-state index contributed by atoms with van der Waals surface area (Å²) in [7, 11) is 0. The molecule has 0 radical (unpaired) electrons. The van der Waals surface area contributed by atoms with Crippen molar-refractivity contribution in [1.29, 1.82) is 0 Å². The fourth-order valence-corrected chi connectivity index (χ4v) is 4.05. The summed E-state index contributed by atoms with van der Waals surface area (Å²) in [4.78, 5) is 20.7. The van der Waals surface area contributed by atoms with Crippen molar-refractivity contribution in [3.8, 4) is 0 Å². The second-order valence-corrected chi connectivity index (χ2v) is 9.38. The van der Waals surface area contributed by atoms with Crippen LogP contribution < -0.4 is 0 Å². The van der Waals surface area contributed by atoms with Gasteiger partial charge in [-0.1, -0.05) is 41.5 Å². The molecule has 0 aromatic carbocycles. The molecule has 4 unspecified atom stereocenters. The van der Waals surface area contributed by atoms with Gasteiger partial charge in [-0.2, -0.15) is 9.78 Å². The number of hydrogen-bond acceptors (Lipinski definition) is 6. The molecule has 0 aromatic heterocycles. The highest BCUT2D eigenvalue weighted by Crippen LogP contribution is 2.50. The first-order valence-corrected chi connectivity index (χ1v) is 9.02. The van der Waals surface area contributed by atoms with Gasteiger partial charge in [0.15, 0.2) is 0 Å². The third-order valence-electron chi connectivity index (χ3n) is 6.71. The molecular formula is C18H34O6. The predicted molar refractivity (Wildman–Crippen MR) is 88.7 cm³/mol. The number of rotatable bonds is 5. The lowest BCUT2D eigenvalue weighted by Crippen LogP contribution is -2.51. The molecule has 0 saturated heterocycles. The maximum atomic E-state index is 9.48. The van der Waals surface area contributed by atoms with E-state index in [1.807, 2.05) is 0 Å². The molecule has 6 nitrogen and oxygen atoms in total. The van der Waals surface area contributed by atoms with Crippen molar-refractivity contribution >= 4 is 0 Å². The van der Waals surface area contributed by atoms with Crippen molar-refractivity contribution in [2.24, 2.45) is 22.7 Å². The van der Waals surface area contributed by atoms with Gasteiger partial charge in [-0.05, 0) is 35.5 Å². The monoisotopic (exact) mass is 346 g/mol. The Labute approximate surface area is 145 Å². The van der Waals surface area contributed by atoms with Crippen LogP contribution in [-0.4, -0.2) is 22.1 Å². The molecule has 2 aliphatic carbocycles. The first kappa shape index (κ1) is 20.1. The normalized spacial score (nSPS) is 42.0. The van der Waals surface area contributed by atoms with E-state index in [2.05, 4.69) is 41.5 Å². The van der Waals surface area contributed by atoms with E-state index in [-0.39, 0.29) is 10.8 Å². The summed E-state index contributed by atoms with van der Waals surface area (Å²) in [6.07, 6.45) is 3.75. The van der Waals surface area contributed by atoms with Gasteiger partial charge in [-0.15, -0.1) is 0 Å². The molecule has 0 aromatic rings. The van der Waals surface area contributed by atoms with Gasteiger partial charge in [-0.3, -0.25) is 0 Å². The van der Waals surface area contributed by atoms with E-state index in [4.69, 9.17) is 19.6 Å². The van der Waals surface area contributed by atoms with Crippen molar-refractivity contribution in [1.82, 2.24) is 0 Å². The van der Waals surface area contributed by atoms with Crippen molar-refractivity contribution in [3.05, 3.63) is 0 Å². The van der Waals surface area contributed by atoms with Crippen LogP contribution in [0.2, 0.25) is 0 Å². The standard InChI is InChI=1S/C18H34O6/c1-13-7-9-17(21-19,11-15(13,3)4)23-24-18(22-20)10-8-14(2)16(5,6)12-18/h13-14,19-20H,7-12H2,1-6H3. The van der Waals surface area contributed by atoms with E-state index in [9.17, 15) is 10.5 Å². The summed E-state index contributed by atoms with van der Waals surface area (Å²) >= 11 is 0. The Morgan fingerprint density at radius 3 is 1.29 bits per heavy atom. The second kappa shape index (κ2) is 6.82. The van der Waals surface area contributed by atoms with Crippen molar-refractivity contribution < 1.29 is 30.1 Å². The molecule has 0 aliphatic heterocycles. The summed E-state index contributed by atoms with van der Waals surface area (Å²) in [5.41, 5.74) is -0.115. The lowest BCUT2D eigenvalue weighted by molar-refractivity contribution is -0.583. The second-order valence-electron chi connectivity index (χ2n) is 9.38. The Morgan fingerprint density at radius 1 is 0.708 bits per heavy atom. The highest BCUT2D eigenvalue weighted by molar-refractivity contribution is 4.91. The van der Waals surface area contributed by atoms with E-state index in [1.54, 1.807) is 0 Å². The summed E-state index contributed by atoms with van der Waals surface area (Å²) in [6.45, 7) is 12.9. The Hall–Kier alpha value is -0.240. The highest BCUT2D eigenvalue weighted by atomic mass is 17.3. The number of hydrogen-bond donors (Lipinski definition) is 2. The predicted octanol–water partition coefficient (Wildman–Crippen LogP) is 5.00. The van der Waals surface area contributed by atoms with E-state index in [0.29, 0.717) is 37.5 Å². The lowest BCUT2D eigenvalue weighted by atomic mass is 9.67. The lowest BCUT2D eigenvalue weighted by Gasteiger charge is -2.48. The molecule has 2 rings (SSSR count). The van der Waals surface area contributed by atoms with Gasteiger partial charge < -0.3 is 0 Å². The van der Waals surface area contributed by atoms with Crippen LogP contribution in [0.25, 0.3) is 0 Å². The van der Waals surface area contributed by atoms with Gasteiger partial charge in [0.05, 0.1) is 0 Å². The first-order valence-electron chi connectivity index (χ1n) is 9.02. The van der Waals surface area contributed by atoms with Crippen LogP contribution in [0, 0.1) is 22.7 Å². The molecule has 0 amide bonds. The van der Waals surface area contributed by atoms with E-state index in [0.717, 1.165) is 12.8 Å². The molecule has 6 heteroatoms. The molecule has 2 N–H and O–H groups in total. The van der Waals surface area contributed by atoms with Crippen LogP contribution in [-0.2, 0) is 19.6 Å². The summed E-state index contributed by atoms with van der Waals surface area (Å²) in [5.74, 6) is -1.48. The van der Waals surface area contributed by atoms with Crippen LogP contribution in [0.4, 0.5) is 0 Å². The Balaban J connectivity index is 2.09. The molecular weight excluding hydrogens is 312 g/mol. The zero-order chi connectivity index (χ0) is 18.2. The van der Waals surface area contributed by atoms with Crippen molar-refractivity contribution in [3.63, 3.8) is 0 Å². The smallest absolute Gasteiger partial charge is 0.234 e. The minimum absolute atomic E-state index is 0.0576. The SMILES string of the molecule is CC1CCC(OO)(OOC2(OO)CCC(C)C(C)(C)C2)CC1(C)C. The van der Waals surface area contributed by atoms with Gasteiger partial charge >= 0.3 is 0 Å². The average Bonchev–Trinajstić information content (AvgIpc) is 2.52. The maximum Gasteiger partial charge on any atom is 0.234 e. The van der Waals surface area contributed by atoms with Crippen molar-refractivity contribution in [2.45, 2.75) is 91.6 Å². The molecule has 0 bridgehead atoms. The Kier molecular flexibility index (Phi) is 5.70. The van der Waals surface area contributed by atoms with Crippen LogP contribution in [0.15, 0.2) is 0 Å². The van der Waals surface area contributed by atoms with Gasteiger partial charge in [0.1, 0.15) is 0 Å². The quantitative estimate of drug-likeness (QED) is 0.414. The van der Waals surface area contributed by atoms with Gasteiger partial charge in [0, 0.05) is 25.7 Å². The third kappa shape index (κ3) is 3.94. The highest BCUT2D eigenvalue weighted by Gasteiger charge is 2.52. The largest absolute Gasteiger partial charge is 0.249 e. The van der Waals surface area contributed by atoms with Gasteiger partial charge in [0.25, 0.3) is 0 Å². The average molecular weight is 346 g/mol. The fourth-order valence-electron chi connectivity index (χ4n) is 4.05. The molecule has 24 heavy (non-hydrogen) atoms. The fraction of sp³-hybridized carbons (Fsp3) is 1.00. The van der Waals surface area contributed by atoms with Crippen LogP contribution >= 0.6 is 0 Å². The zero-order valence-corrected chi connectivity index (χ0v) is 15.9. The Morgan fingerprint density at radius 2 is 1.04 bits per heavy atom. The van der Waals surface area contributed by atoms with E-state index < -0.39 is 11.6 Å². The molecule has 4 atom stereocenters. The zero-order valence-electron chi connectivity index (χ0n) is 15.9. The van der Waals surface area contributed by atoms with Crippen LogP contribution in [0.3, 0.4) is 0 Å². The van der Waals surface area contributed by atoms with Crippen LogP contribution in [0.1, 0.15) is 80.1 Å². The first-order chi connectivity index (χ1) is 11.0. The summed E-state index contributed by atoms with van der Waals surface area (Å²) in [5, 5.41) is 19.0. The minimum Gasteiger partial charge on any atom is -0.249 e. The van der Waals surface area contributed by atoms with Gasteiger partial charge in [0.2, 0.25) is 11.6 Å². The third-order valence-corrected chi connectivity index (χ3v) is 6.71. The minimum atomic E-state index is -1.23. The van der Waals surface area contributed by atoms with Crippen molar-refractivity contribution in [2.75, 3.05) is 0 Å². The maximum absolute atomic E-state index is 9.48. The molecule has 2 saturated carbocycles. The Bertz CT molecular complexity index is 397. The molecule has 142 valence electrons. The molecule has 0 heterocycles. The summed E-state index contributed by atoms with van der Waals surface area (Å²) < 4.78 is 0. The van der Waals surface area contributed by atoms with E-state index in [1.165, 1.54) is 0 Å². The molecule has 0 spiro atoms.